The molecule has 0 saturated carbocycles. The molecule has 18 heavy (non-hydrogen) atoms. The molecule has 1 aromatic rings. The Bertz CT molecular complexity index is 458. The molecule has 0 spiro atoms. The molecule has 6 heteroatoms. The van der Waals surface area contributed by atoms with Crippen molar-refractivity contribution in [1.82, 2.24) is 4.90 Å². The normalized spacial score (nSPS) is 12.0. The highest BCUT2D eigenvalue weighted by Crippen LogP contribution is 2.20. The van der Waals surface area contributed by atoms with Crippen LogP contribution in [0, 0.1) is 11.7 Å². The maximum Gasteiger partial charge on any atom is 0.308 e. The van der Waals surface area contributed by atoms with Gasteiger partial charge in [-0.05, 0) is 12.1 Å². The van der Waals surface area contributed by atoms with Crippen LogP contribution in [0.2, 0.25) is 5.02 Å². The Hall–Kier alpha value is -1.62. The zero-order valence-electron chi connectivity index (χ0n) is 9.98. The van der Waals surface area contributed by atoms with Crippen LogP contribution in [-0.2, 0) is 4.79 Å². The molecule has 0 aromatic heterocycles. The van der Waals surface area contributed by atoms with Crippen molar-refractivity contribution in [3.63, 3.8) is 0 Å². The Morgan fingerprint density at radius 3 is 2.61 bits per heavy atom. The maximum absolute atomic E-state index is 13.5. The second-order valence-electron chi connectivity index (χ2n) is 4.02. The van der Waals surface area contributed by atoms with Crippen LogP contribution in [0.4, 0.5) is 4.39 Å². The number of benzene rings is 1. The summed E-state index contributed by atoms with van der Waals surface area (Å²) in [5.74, 6) is -3.10. The van der Waals surface area contributed by atoms with Crippen molar-refractivity contribution in [2.24, 2.45) is 5.92 Å². The Kier molecular flexibility index (Phi) is 4.67. The number of carbonyl (C=O) groups is 2. The third kappa shape index (κ3) is 3.20. The zero-order valence-corrected chi connectivity index (χ0v) is 10.7. The number of aliphatic carboxylic acids is 1. The summed E-state index contributed by atoms with van der Waals surface area (Å²) >= 11 is 5.76. The highest BCUT2D eigenvalue weighted by molar-refractivity contribution is 6.33. The first-order valence-corrected chi connectivity index (χ1v) is 5.64. The summed E-state index contributed by atoms with van der Waals surface area (Å²) in [4.78, 5) is 23.8. The first-order valence-electron chi connectivity index (χ1n) is 5.27. The van der Waals surface area contributed by atoms with E-state index in [1.165, 1.54) is 26.1 Å². The average Bonchev–Trinajstić information content (AvgIpc) is 2.28. The largest absolute Gasteiger partial charge is 0.481 e. The molecule has 98 valence electrons. The lowest BCUT2D eigenvalue weighted by Gasteiger charge is -2.20. The smallest absolute Gasteiger partial charge is 0.308 e. The molecule has 0 aliphatic rings. The standard InChI is InChI=1S/C12H13ClFNO3/c1-7(12(17)18)6-15(2)11(16)10-8(13)4-3-5-9(10)14/h3-5,7H,6H2,1-2H3,(H,17,18). The van der Waals surface area contributed by atoms with Gasteiger partial charge in [0.1, 0.15) is 5.82 Å². The summed E-state index contributed by atoms with van der Waals surface area (Å²) in [5.41, 5.74) is -0.237. The lowest BCUT2D eigenvalue weighted by atomic mass is 10.1. The van der Waals surface area contributed by atoms with E-state index in [1.54, 1.807) is 0 Å². The molecule has 0 fully saturated rings. The van der Waals surface area contributed by atoms with E-state index in [0.717, 1.165) is 11.0 Å². The molecular weight excluding hydrogens is 261 g/mol. The van der Waals surface area contributed by atoms with Crippen molar-refractivity contribution in [2.45, 2.75) is 6.92 Å². The number of hydrogen-bond donors (Lipinski definition) is 1. The van der Waals surface area contributed by atoms with Crippen molar-refractivity contribution in [3.05, 3.63) is 34.6 Å². The van der Waals surface area contributed by atoms with E-state index in [0.29, 0.717) is 0 Å². The van der Waals surface area contributed by atoms with E-state index in [1.807, 2.05) is 0 Å². The number of carboxylic acids is 1. The van der Waals surface area contributed by atoms with Crippen molar-refractivity contribution in [1.29, 1.82) is 0 Å². The predicted octanol–water partition coefficient (Wildman–Crippen LogP) is 2.27. The Morgan fingerprint density at radius 2 is 2.11 bits per heavy atom. The van der Waals surface area contributed by atoms with Crippen LogP contribution in [0.1, 0.15) is 17.3 Å². The van der Waals surface area contributed by atoms with Gasteiger partial charge < -0.3 is 10.0 Å². The van der Waals surface area contributed by atoms with Gasteiger partial charge in [0.25, 0.3) is 5.91 Å². The summed E-state index contributed by atoms with van der Waals surface area (Å²) < 4.78 is 13.5. The Balaban J connectivity index is 2.90. The van der Waals surface area contributed by atoms with E-state index in [9.17, 15) is 14.0 Å². The maximum atomic E-state index is 13.5. The van der Waals surface area contributed by atoms with Crippen LogP contribution in [0.5, 0.6) is 0 Å². The topological polar surface area (TPSA) is 57.6 Å². The fraction of sp³-hybridized carbons (Fsp3) is 0.333. The van der Waals surface area contributed by atoms with Crippen molar-refractivity contribution >= 4 is 23.5 Å². The first kappa shape index (κ1) is 14.4. The van der Waals surface area contributed by atoms with E-state index in [4.69, 9.17) is 16.7 Å². The molecule has 1 amide bonds. The lowest BCUT2D eigenvalue weighted by Crippen LogP contribution is -2.34. The lowest BCUT2D eigenvalue weighted by molar-refractivity contribution is -0.141. The van der Waals surface area contributed by atoms with Crippen LogP contribution < -0.4 is 0 Å². The second kappa shape index (κ2) is 5.82. The molecule has 0 bridgehead atoms. The Morgan fingerprint density at radius 1 is 1.50 bits per heavy atom. The number of hydrogen-bond acceptors (Lipinski definition) is 2. The van der Waals surface area contributed by atoms with E-state index < -0.39 is 23.6 Å². The minimum absolute atomic E-state index is 0.00910. The molecule has 4 nitrogen and oxygen atoms in total. The van der Waals surface area contributed by atoms with Crippen molar-refractivity contribution in [3.8, 4) is 0 Å². The number of carbonyl (C=O) groups excluding carboxylic acids is 1. The van der Waals surface area contributed by atoms with Gasteiger partial charge in [-0.25, -0.2) is 4.39 Å². The van der Waals surface area contributed by atoms with Gasteiger partial charge >= 0.3 is 5.97 Å². The van der Waals surface area contributed by atoms with Crippen LogP contribution in [0.25, 0.3) is 0 Å². The van der Waals surface area contributed by atoms with E-state index in [-0.39, 0.29) is 17.1 Å². The molecule has 1 N–H and O–H groups in total. The third-order valence-corrected chi connectivity index (χ3v) is 2.81. The first-order chi connectivity index (χ1) is 8.34. The number of amides is 1. The number of halogens is 2. The van der Waals surface area contributed by atoms with Gasteiger partial charge in [-0.1, -0.05) is 24.6 Å². The monoisotopic (exact) mass is 273 g/mol. The SMILES string of the molecule is CC(CN(C)C(=O)c1c(F)cccc1Cl)C(=O)O. The van der Waals surface area contributed by atoms with Crippen molar-refractivity contribution < 1.29 is 19.1 Å². The molecule has 0 aliphatic carbocycles. The summed E-state index contributed by atoms with van der Waals surface area (Å²) in [6.45, 7) is 1.45. The average molecular weight is 274 g/mol. The van der Waals surface area contributed by atoms with Crippen molar-refractivity contribution in [2.75, 3.05) is 13.6 Å². The van der Waals surface area contributed by atoms with Crippen LogP contribution in [0.3, 0.4) is 0 Å². The second-order valence-corrected chi connectivity index (χ2v) is 4.43. The predicted molar refractivity (Wildman–Crippen MR) is 65.2 cm³/mol. The molecular formula is C12H13ClFNO3. The van der Waals surface area contributed by atoms with Crippen LogP contribution in [-0.4, -0.2) is 35.5 Å². The highest BCUT2D eigenvalue weighted by atomic mass is 35.5. The minimum Gasteiger partial charge on any atom is -0.481 e. The molecule has 0 aliphatic heterocycles. The zero-order chi connectivity index (χ0) is 13.9. The molecule has 1 atom stereocenters. The van der Waals surface area contributed by atoms with Crippen LogP contribution >= 0.6 is 11.6 Å². The highest BCUT2D eigenvalue weighted by Gasteiger charge is 2.22. The van der Waals surface area contributed by atoms with Gasteiger partial charge in [-0.15, -0.1) is 0 Å². The third-order valence-electron chi connectivity index (χ3n) is 2.49. The molecule has 0 saturated heterocycles. The molecule has 0 radical (unpaired) electrons. The fourth-order valence-electron chi connectivity index (χ4n) is 1.46. The fourth-order valence-corrected chi connectivity index (χ4v) is 1.71. The summed E-state index contributed by atoms with van der Waals surface area (Å²) in [6, 6.07) is 3.94. The van der Waals surface area contributed by atoms with Gasteiger partial charge in [0.2, 0.25) is 0 Å². The summed E-state index contributed by atoms with van der Waals surface area (Å²) in [5, 5.41) is 8.76. The van der Waals surface area contributed by atoms with Gasteiger partial charge in [-0.2, -0.15) is 0 Å². The van der Waals surface area contributed by atoms with Gasteiger partial charge in [0, 0.05) is 13.6 Å². The van der Waals surface area contributed by atoms with E-state index >= 15 is 0 Å². The minimum atomic E-state index is -1.02. The van der Waals surface area contributed by atoms with Gasteiger partial charge in [-0.3, -0.25) is 9.59 Å². The van der Waals surface area contributed by atoms with Gasteiger partial charge in [0.15, 0.2) is 0 Å². The summed E-state index contributed by atoms with van der Waals surface area (Å²) in [6.07, 6.45) is 0. The van der Waals surface area contributed by atoms with E-state index in [2.05, 4.69) is 0 Å². The molecule has 1 aromatic carbocycles. The number of rotatable bonds is 4. The summed E-state index contributed by atoms with van der Waals surface area (Å²) in [7, 11) is 1.41. The number of nitrogens with zero attached hydrogens (tertiary/aromatic N) is 1. The van der Waals surface area contributed by atoms with Crippen LogP contribution in [0.15, 0.2) is 18.2 Å². The molecule has 1 rings (SSSR count). The number of carboxylic acid groups (broad SMARTS) is 1. The van der Waals surface area contributed by atoms with Gasteiger partial charge in [0.05, 0.1) is 16.5 Å². The molecule has 0 heterocycles. The Labute approximate surface area is 109 Å². The quantitative estimate of drug-likeness (QED) is 0.915. The molecule has 1 unspecified atom stereocenters.